The molecule has 6 atom stereocenters. The first-order valence-corrected chi connectivity index (χ1v) is 11.0. The predicted octanol–water partition coefficient (Wildman–Crippen LogP) is 7.56. The molecule has 0 spiro atoms. The minimum atomic E-state index is 0.482. The van der Waals surface area contributed by atoms with Crippen LogP contribution in [-0.2, 0) is 0 Å². The molecule has 0 N–H and O–H groups in total. The second-order valence-corrected chi connectivity index (χ2v) is 11.7. The number of rotatable bonds is 1. The van der Waals surface area contributed by atoms with Crippen LogP contribution in [0.2, 0.25) is 0 Å². The Morgan fingerprint density at radius 3 is 2.40 bits per heavy atom. The summed E-state index contributed by atoms with van der Waals surface area (Å²) in [4.78, 5) is 0. The second-order valence-electron chi connectivity index (χ2n) is 11.7. The van der Waals surface area contributed by atoms with Crippen LogP contribution in [0.25, 0.3) is 0 Å². The Kier molecular flexibility index (Phi) is 4.10. The molecule has 2 saturated carbocycles. The Labute approximate surface area is 156 Å². The standard InChI is InChI=1S/C25H40/c1-17-7-10-21-20-9-8-19-15-18(16-23(2,3)4)11-13-25(19,6)22(20)12-14-24(17,21)5/h7-8,18,20-22H,9-16H2,1-6H3/t18-,20?,21?,22?,24?,25?/m1/s1. The second kappa shape index (κ2) is 5.74. The first-order valence-electron chi connectivity index (χ1n) is 11.0. The fourth-order valence-electron chi connectivity index (χ4n) is 7.56. The lowest BCUT2D eigenvalue weighted by atomic mass is 9.47. The van der Waals surface area contributed by atoms with E-state index in [0.29, 0.717) is 16.2 Å². The maximum Gasteiger partial charge on any atom is -0.00850 e. The molecule has 0 heteroatoms. The van der Waals surface area contributed by atoms with Crippen LogP contribution in [0.5, 0.6) is 0 Å². The molecule has 4 aliphatic rings. The summed E-state index contributed by atoms with van der Waals surface area (Å²) in [6.45, 7) is 14.9. The van der Waals surface area contributed by atoms with E-state index in [0.717, 1.165) is 23.7 Å². The molecule has 0 heterocycles. The van der Waals surface area contributed by atoms with E-state index in [1.807, 2.05) is 5.57 Å². The summed E-state index contributed by atoms with van der Waals surface area (Å²) < 4.78 is 0. The van der Waals surface area contributed by atoms with Gasteiger partial charge in [0.25, 0.3) is 0 Å². The molecule has 0 bridgehead atoms. The van der Waals surface area contributed by atoms with Crippen LogP contribution in [0.15, 0.2) is 23.3 Å². The molecule has 4 rings (SSSR count). The Morgan fingerprint density at radius 2 is 1.68 bits per heavy atom. The molecule has 0 aromatic carbocycles. The zero-order valence-electron chi connectivity index (χ0n) is 17.6. The number of allylic oxidation sites excluding steroid dienone is 4. The largest absolute Gasteiger partial charge is 0.0847 e. The van der Waals surface area contributed by atoms with E-state index >= 15 is 0 Å². The molecule has 25 heavy (non-hydrogen) atoms. The zero-order chi connectivity index (χ0) is 18.0. The van der Waals surface area contributed by atoms with Crippen molar-refractivity contribution >= 4 is 0 Å². The van der Waals surface area contributed by atoms with Crippen LogP contribution in [0.3, 0.4) is 0 Å². The van der Waals surface area contributed by atoms with E-state index in [2.05, 4.69) is 53.7 Å². The molecule has 0 nitrogen and oxygen atoms in total. The lowest BCUT2D eigenvalue weighted by Crippen LogP contribution is -2.49. The van der Waals surface area contributed by atoms with Crippen molar-refractivity contribution in [1.82, 2.24) is 0 Å². The maximum atomic E-state index is 2.73. The van der Waals surface area contributed by atoms with Crippen molar-refractivity contribution in [3.05, 3.63) is 23.3 Å². The van der Waals surface area contributed by atoms with Crippen LogP contribution in [0, 0.1) is 39.9 Å². The highest BCUT2D eigenvalue weighted by molar-refractivity contribution is 5.29. The molecule has 5 unspecified atom stereocenters. The van der Waals surface area contributed by atoms with E-state index in [4.69, 9.17) is 0 Å². The maximum absolute atomic E-state index is 2.73. The summed E-state index contributed by atoms with van der Waals surface area (Å²) in [6, 6.07) is 0. The molecule has 0 amide bonds. The van der Waals surface area contributed by atoms with Crippen molar-refractivity contribution in [3.8, 4) is 0 Å². The van der Waals surface area contributed by atoms with Crippen molar-refractivity contribution in [2.24, 2.45) is 39.9 Å². The molecule has 0 aromatic heterocycles. The van der Waals surface area contributed by atoms with Gasteiger partial charge in [-0.15, -0.1) is 0 Å². The first-order chi connectivity index (χ1) is 11.6. The van der Waals surface area contributed by atoms with E-state index in [-0.39, 0.29) is 0 Å². The molecule has 0 aliphatic heterocycles. The minimum absolute atomic E-state index is 0.482. The lowest BCUT2D eigenvalue weighted by Gasteiger charge is -2.58. The highest BCUT2D eigenvalue weighted by Crippen LogP contribution is 2.65. The lowest BCUT2D eigenvalue weighted by molar-refractivity contribution is -0.0226. The highest BCUT2D eigenvalue weighted by Gasteiger charge is 2.55. The zero-order valence-corrected chi connectivity index (χ0v) is 17.6. The van der Waals surface area contributed by atoms with E-state index in [9.17, 15) is 0 Å². The smallest absolute Gasteiger partial charge is 0.00850 e. The van der Waals surface area contributed by atoms with Crippen molar-refractivity contribution in [2.45, 2.75) is 92.9 Å². The summed E-state index contributed by atoms with van der Waals surface area (Å²) >= 11 is 0. The fourth-order valence-corrected chi connectivity index (χ4v) is 7.56. The number of hydrogen-bond donors (Lipinski definition) is 0. The van der Waals surface area contributed by atoms with Crippen LogP contribution >= 0.6 is 0 Å². The van der Waals surface area contributed by atoms with Gasteiger partial charge in [0, 0.05) is 0 Å². The number of hydrogen-bond acceptors (Lipinski definition) is 0. The highest BCUT2D eigenvalue weighted by atomic mass is 14.6. The molecule has 4 aliphatic carbocycles. The first kappa shape index (κ1) is 17.9. The third kappa shape index (κ3) is 2.78. The van der Waals surface area contributed by atoms with Gasteiger partial charge in [0.15, 0.2) is 0 Å². The van der Waals surface area contributed by atoms with Gasteiger partial charge in [-0.25, -0.2) is 0 Å². The average Bonchev–Trinajstić information content (AvgIpc) is 2.82. The van der Waals surface area contributed by atoms with Crippen LogP contribution < -0.4 is 0 Å². The summed E-state index contributed by atoms with van der Waals surface area (Å²) in [7, 11) is 0. The number of fused-ring (bicyclic) bond motifs is 5. The van der Waals surface area contributed by atoms with Crippen LogP contribution in [-0.4, -0.2) is 0 Å². The van der Waals surface area contributed by atoms with Gasteiger partial charge in [-0.2, -0.15) is 0 Å². The van der Waals surface area contributed by atoms with Crippen molar-refractivity contribution in [2.75, 3.05) is 0 Å². The molecule has 0 radical (unpaired) electrons. The Bertz CT molecular complexity index is 600. The summed E-state index contributed by atoms with van der Waals surface area (Å²) in [5.74, 6) is 3.76. The third-order valence-corrected chi connectivity index (χ3v) is 9.08. The SMILES string of the molecule is CC1=CCC2C3CC=C4C[C@H](CC(C)(C)C)CCC4(C)C3CCC12C. The fraction of sp³-hybridized carbons (Fsp3) is 0.840. The molecule has 0 saturated heterocycles. The van der Waals surface area contributed by atoms with E-state index in [1.165, 1.54) is 51.4 Å². The predicted molar refractivity (Wildman–Crippen MR) is 108 cm³/mol. The molecule has 0 aromatic rings. The van der Waals surface area contributed by atoms with Crippen molar-refractivity contribution in [3.63, 3.8) is 0 Å². The van der Waals surface area contributed by atoms with Gasteiger partial charge in [0.2, 0.25) is 0 Å². The van der Waals surface area contributed by atoms with Gasteiger partial charge in [-0.3, -0.25) is 0 Å². The minimum Gasteiger partial charge on any atom is -0.0847 e. The molecular weight excluding hydrogens is 300 g/mol. The third-order valence-electron chi connectivity index (χ3n) is 9.08. The van der Waals surface area contributed by atoms with E-state index < -0.39 is 0 Å². The van der Waals surface area contributed by atoms with Gasteiger partial charge in [-0.1, -0.05) is 57.9 Å². The van der Waals surface area contributed by atoms with Crippen molar-refractivity contribution in [1.29, 1.82) is 0 Å². The Balaban J connectivity index is 1.57. The molecular formula is C25H40. The Hall–Kier alpha value is -0.520. The normalized spacial score (nSPS) is 46.6. The summed E-state index contributed by atoms with van der Waals surface area (Å²) in [5.41, 5.74) is 5.09. The van der Waals surface area contributed by atoms with Gasteiger partial charge in [0.1, 0.15) is 0 Å². The van der Waals surface area contributed by atoms with Gasteiger partial charge in [-0.05, 0) is 98.2 Å². The van der Waals surface area contributed by atoms with Crippen molar-refractivity contribution < 1.29 is 0 Å². The van der Waals surface area contributed by atoms with E-state index in [1.54, 1.807) is 5.57 Å². The van der Waals surface area contributed by atoms with Crippen LogP contribution in [0.4, 0.5) is 0 Å². The summed E-state index contributed by atoms with van der Waals surface area (Å²) in [5, 5.41) is 0. The van der Waals surface area contributed by atoms with Gasteiger partial charge in [0.05, 0.1) is 0 Å². The Morgan fingerprint density at radius 1 is 0.960 bits per heavy atom. The van der Waals surface area contributed by atoms with Gasteiger partial charge >= 0.3 is 0 Å². The molecule has 2 fully saturated rings. The quantitative estimate of drug-likeness (QED) is 0.432. The van der Waals surface area contributed by atoms with Gasteiger partial charge < -0.3 is 0 Å². The molecule has 140 valence electrons. The van der Waals surface area contributed by atoms with Crippen LogP contribution in [0.1, 0.15) is 92.9 Å². The average molecular weight is 341 g/mol. The monoisotopic (exact) mass is 340 g/mol. The summed E-state index contributed by atoms with van der Waals surface area (Å²) in [6.07, 6.45) is 16.7. The topological polar surface area (TPSA) is 0 Å².